The van der Waals surface area contributed by atoms with Gasteiger partial charge in [0.25, 0.3) is 0 Å². The van der Waals surface area contributed by atoms with Crippen LogP contribution in [-0.2, 0) is 0 Å². The molecule has 3 N–H and O–H groups in total. The van der Waals surface area contributed by atoms with Crippen LogP contribution in [0.5, 0.6) is 0 Å². The Hall–Kier alpha value is -0.960. The standard InChI is InChI=1S/C13H14BrN5S2/c1-2-7(15)11(8-3-4-9(14)20-8)21-13-10-12(17-5-16-10)18-6-19-13/h3-7,11H,2,15H2,1H3,(H,16,17,18,19). The number of thiophene rings is 1. The van der Waals surface area contributed by atoms with Gasteiger partial charge < -0.3 is 10.7 Å². The summed E-state index contributed by atoms with van der Waals surface area (Å²) in [7, 11) is 0. The van der Waals surface area contributed by atoms with Crippen LogP contribution < -0.4 is 5.73 Å². The molecule has 0 aliphatic rings. The molecule has 0 saturated carbocycles. The highest BCUT2D eigenvalue weighted by molar-refractivity contribution is 9.11. The Bertz CT molecular complexity index is 741. The number of nitrogens with two attached hydrogens (primary N) is 1. The molecule has 2 unspecified atom stereocenters. The first kappa shape index (κ1) is 15.0. The molecule has 3 aromatic rings. The van der Waals surface area contributed by atoms with Crippen molar-refractivity contribution >= 4 is 50.2 Å². The lowest BCUT2D eigenvalue weighted by Gasteiger charge is -2.20. The van der Waals surface area contributed by atoms with Crippen LogP contribution in [0.25, 0.3) is 11.2 Å². The van der Waals surface area contributed by atoms with E-state index in [1.54, 1.807) is 35.8 Å². The molecule has 0 aromatic carbocycles. The van der Waals surface area contributed by atoms with Crippen molar-refractivity contribution in [3.8, 4) is 0 Å². The maximum atomic E-state index is 6.33. The Morgan fingerprint density at radius 2 is 2.24 bits per heavy atom. The van der Waals surface area contributed by atoms with Crippen molar-refractivity contribution in [1.29, 1.82) is 0 Å². The fourth-order valence-corrected chi connectivity index (χ4v) is 4.95. The number of nitrogens with zero attached hydrogens (tertiary/aromatic N) is 3. The first-order valence-corrected chi connectivity index (χ1v) is 8.99. The molecule has 2 atom stereocenters. The van der Waals surface area contributed by atoms with E-state index in [9.17, 15) is 0 Å². The number of aromatic amines is 1. The highest BCUT2D eigenvalue weighted by Gasteiger charge is 2.23. The number of hydrogen-bond acceptors (Lipinski definition) is 6. The zero-order valence-electron chi connectivity index (χ0n) is 11.3. The van der Waals surface area contributed by atoms with Gasteiger partial charge in [0.05, 0.1) is 15.4 Å². The Morgan fingerprint density at radius 3 is 2.95 bits per heavy atom. The smallest absolute Gasteiger partial charge is 0.181 e. The third kappa shape index (κ3) is 3.13. The molecule has 8 heteroatoms. The topological polar surface area (TPSA) is 80.5 Å². The number of rotatable bonds is 5. The van der Waals surface area contributed by atoms with Crippen molar-refractivity contribution < 1.29 is 0 Å². The Balaban J connectivity index is 1.96. The van der Waals surface area contributed by atoms with Crippen LogP contribution in [0.4, 0.5) is 0 Å². The van der Waals surface area contributed by atoms with Gasteiger partial charge in [-0.25, -0.2) is 15.0 Å². The Morgan fingerprint density at radius 1 is 1.38 bits per heavy atom. The normalized spacial score (nSPS) is 14.4. The lowest BCUT2D eigenvalue weighted by molar-refractivity contribution is 0.639. The third-order valence-corrected chi connectivity index (χ3v) is 6.41. The molecule has 0 radical (unpaired) electrons. The number of halogens is 1. The molecular weight excluding hydrogens is 370 g/mol. The molecule has 0 bridgehead atoms. The van der Waals surface area contributed by atoms with Crippen molar-refractivity contribution in [3.05, 3.63) is 33.5 Å². The summed E-state index contributed by atoms with van der Waals surface area (Å²) in [6.07, 6.45) is 4.09. The van der Waals surface area contributed by atoms with Crippen LogP contribution >= 0.6 is 39.0 Å². The number of thioether (sulfide) groups is 1. The van der Waals surface area contributed by atoms with Gasteiger partial charge in [-0.15, -0.1) is 11.3 Å². The second kappa shape index (κ2) is 6.43. The second-order valence-electron chi connectivity index (χ2n) is 4.53. The molecular formula is C13H14BrN5S2. The van der Waals surface area contributed by atoms with Crippen molar-refractivity contribution in [2.24, 2.45) is 5.73 Å². The molecule has 5 nitrogen and oxygen atoms in total. The van der Waals surface area contributed by atoms with Gasteiger partial charge in [-0.05, 0) is 34.5 Å². The zero-order chi connectivity index (χ0) is 14.8. The summed E-state index contributed by atoms with van der Waals surface area (Å²) in [5.41, 5.74) is 7.88. The average molecular weight is 384 g/mol. The van der Waals surface area contributed by atoms with E-state index in [4.69, 9.17) is 5.73 Å². The van der Waals surface area contributed by atoms with Crippen molar-refractivity contribution in [2.45, 2.75) is 29.7 Å². The third-order valence-electron chi connectivity index (χ3n) is 3.16. The largest absolute Gasteiger partial charge is 0.341 e. The number of H-pyrrole nitrogens is 1. The number of imidazole rings is 1. The van der Waals surface area contributed by atoms with Crippen LogP contribution in [-0.4, -0.2) is 26.0 Å². The minimum Gasteiger partial charge on any atom is -0.341 e. The molecule has 3 rings (SSSR count). The van der Waals surface area contributed by atoms with Crippen LogP contribution in [0, 0.1) is 0 Å². The van der Waals surface area contributed by atoms with E-state index < -0.39 is 0 Å². The van der Waals surface area contributed by atoms with Crippen LogP contribution in [0.15, 0.2) is 33.6 Å². The van der Waals surface area contributed by atoms with Crippen LogP contribution in [0.2, 0.25) is 0 Å². The minimum absolute atomic E-state index is 0.0634. The van der Waals surface area contributed by atoms with Gasteiger partial charge in [0.1, 0.15) is 16.9 Å². The fraction of sp³-hybridized carbons (Fsp3) is 0.308. The van der Waals surface area contributed by atoms with E-state index in [0.717, 1.165) is 20.7 Å². The first-order chi connectivity index (χ1) is 10.2. The van der Waals surface area contributed by atoms with Gasteiger partial charge in [-0.2, -0.15) is 0 Å². The lowest BCUT2D eigenvalue weighted by atomic mass is 10.1. The second-order valence-corrected chi connectivity index (χ2v) is 8.16. The van der Waals surface area contributed by atoms with Gasteiger partial charge in [-0.3, -0.25) is 0 Å². The number of hydrogen-bond donors (Lipinski definition) is 2. The number of nitrogens with one attached hydrogen (secondary N) is 1. The molecule has 0 amide bonds. The summed E-state index contributed by atoms with van der Waals surface area (Å²) >= 11 is 6.89. The highest BCUT2D eigenvalue weighted by atomic mass is 79.9. The van der Waals surface area contributed by atoms with Gasteiger partial charge >= 0.3 is 0 Å². The predicted octanol–water partition coefficient (Wildman–Crippen LogP) is 3.75. The van der Waals surface area contributed by atoms with E-state index in [0.29, 0.717) is 5.65 Å². The van der Waals surface area contributed by atoms with Crippen molar-refractivity contribution in [2.75, 3.05) is 0 Å². The first-order valence-electron chi connectivity index (χ1n) is 6.50. The van der Waals surface area contributed by atoms with Crippen molar-refractivity contribution in [1.82, 2.24) is 19.9 Å². The molecule has 0 aliphatic carbocycles. The van der Waals surface area contributed by atoms with Gasteiger partial charge in [0, 0.05) is 10.9 Å². The zero-order valence-corrected chi connectivity index (χ0v) is 14.5. The van der Waals surface area contributed by atoms with Crippen LogP contribution in [0.1, 0.15) is 23.5 Å². The molecule has 3 aromatic heterocycles. The van der Waals surface area contributed by atoms with Gasteiger partial charge in [-0.1, -0.05) is 18.7 Å². The van der Waals surface area contributed by atoms with E-state index in [1.165, 1.54) is 4.88 Å². The van der Waals surface area contributed by atoms with Crippen molar-refractivity contribution in [3.63, 3.8) is 0 Å². The quantitative estimate of drug-likeness (QED) is 0.517. The Labute approximate surface area is 138 Å². The van der Waals surface area contributed by atoms with E-state index in [-0.39, 0.29) is 11.3 Å². The van der Waals surface area contributed by atoms with E-state index in [1.807, 2.05) is 0 Å². The molecule has 0 fully saturated rings. The van der Waals surface area contributed by atoms with Crippen LogP contribution in [0.3, 0.4) is 0 Å². The van der Waals surface area contributed by atoms with E-state index >= 15 is 0 Å². The molecule has 0 spiro atoms. The summed E-state index contributed by atoms with van der Waals surface area (Å²) in [5.74, 6) is 0. The van der Waals surface area contributed by atoms with Gasteiger partial charge in [0.2, 0.25) is 0 Å². The fourth-order valence-electron chi connectivity index (χ4n) is 2.00. The van der Waals surface area contributed by atoms with Gasteiger partial charge in [0.15, 0.2) is 5.65 Å². The minimum atomic E-state index is 0.0634. The molecule has 3 heterocycles. The number of fused-ring (bicyclic) bond motifs is 1. The summed E-state index contributed by atoms with van der Waals surface area (Å²) in [6, 6.07) is 4.24. The number of aromatic nitrogens is 4. The maximum absolute atomic E-state index is 6.33. The summed E-state index contributed by atoms with van der Waals surface area (Å²) < 4.78 is 1.11. The van der Waals surface area contributed by atoms with E-state index in [2.05, 4.69) is 54.9 Å². The Kier molecular flexibility index (Phi) is 4.58. The average Bonchev–Trinajstić information content (AvgIpc) is 3.12. The summed E-state index contributed by atoms with van der Waals surface area (Å²) in [6.45, 7) is 2.10. The maximum Gasteiger partial charge on any atom is 0.181 e. The molecule has 21 heavy (non-hydrogen) atoms. The molecule has 0 aliphatic heterocycles. The SMILES string of the molecule is CCC(N)C(Sc1ncnc2nc[nH]c12)c1ccc(Br)s1. The summed E-state index contributed by atoms with van der Waals surface area (Å²) in [5, 5.41) is 1.05. The lowest BCUT2D eigenvalue weighted by Crippen LogP contribution is -2.25. The molecule has 0 saturated heterocycles. The highest BCUT2D eigenvalue weighted by Crippen LogP contribution is 2.42. The monoisotopic (exact) mass is 383 g/mol. The molecule has 110 valence electrons. The predicted molar refractivity (Wildman–Crippen MR) is 90.6 cm³/mol. The summed E-state index contributed by atoms with van der Waals surface area (Å²) in [4.78, 5) is 17.1.